The van der Waals surface area contributed by atoms with E-state index >= 15 is 0 Å². The van der Waals surface area contributed by atoms with Crippen molar-refractivity contribution < 1.29 is 9.31 Å². The van der Waals surface area contributed by atoms with Gasteiger partial charge in [-0.05, 0) is 50.0 Å². The van der Waals surface area contributed by atoms with E-state index in [0.29, 0.717) is 0 Å². The van der Waals surface area contributed by atoms with E-state index in [1.165, 1.54) is 0 Å². The maximum atomic E-state index is 6.06. The van der Waals surface area contributed by atoms with Gasteiger partial charge in [-0.25, -0.2) is 0 Å². The molecule has 2 aromatic rings. The van der Waals surface area contributed by atoms with Crippen LogP contribution in [0.25, 0.3) is 10.8 Å². The standard InChI is InChI=1S/C15H18BNO2/c1-14(2)15(3,4)19-16(18-14)13-6-5-12-10-17-8-7-11(12)9-13/h5-10H,1-4H3. The molecular weight excluding hydrogens is 237 g/mol. The smallest absolute Gasteiger partial charge is 0.399 e. The molecule has 0 radical (unpaired) electrons. The molecule has 1 aliphatic heterocycles. The average Bonchev–Trinajstić information content (AvgIpc) is 2.58. The van der Waals surface area contributed by atoms with Crippen molar-refractivity contribution in [1.29, 1.82) is 0 Å². The second-order valence-electron chi connectivity index (χ2n) is 6.07. The Kier molecular flexibility index (Phi) is 2.70. The lowest BCUT2D eigenvalue weighted by molar-refractivity contribution is 0.00578. The first-order chi connectivity index (χ1) is 8.89. The number of hydrogen-bond donors (Lipinski definition) is 0. The quantitative estimate of drug-likeness (QED) is 0.734. The number of pyridine rings is 1. The fraction of sp³-hybridized carbons (Fsp3) is 0.400. The normalized spacial score (nSPS) is 20.9. The fourth-order valence-corrected chi connectivity index (χ4v) is 2.23. The van der Waals surface area contributed by atoms with Gasteiger partial charge >= 0.3 is 7.12 Å². The van der Waals surface area contributed by atoms with Crippen LogP contribution in [0.3, 0.4) is 0 Å². The number of benzene rings is 1. The van der Waals surface area contributed by atoms with E-state index in [9.17, 15) is 0 Å². The molecule has 0 unspecified atom stereocenters. The molecule has 0 atom stereocenters. The average molecular weight is 255 g/mol. The van der Waals surface area contributed by atoms with Gasteiger partial charge in [-0.15, -0.1) is 0 Å². The minimum absolute atomic E-state index is 0.301. The van der Waals surface area contributed by atoms with Crippen LogP contribution in [0.5, 0.6) is 0 Å². The number of fused-ring (bicyclic) bond motifs is 1. The Hall–Kier alpha value is -1.39. The van der Waals surface area contributed by atoms with E-state index < -0.39 is 0 Å². The molecule has 0 amide bonds. The number of aromatic nitrogens is 1. The summed E-state index contributed by atoms with van der Waals surface area (Å²) in [5.74, 6) is 0. The Labute approximate surface area is 114 Å². The minimum atomic E-state index is -0.303. The molecule has 0 saturated carbocycles. The molecule has 0 bridgehead atoms. The number of nitrogens with zero attached hydrogens (tertiary/aromatic N) is 1. The molecule has 1 aromatic carbocycles. The molecule has 0 N–H and O–H groups in total. The zero-order valence-corrected chi connectivity index (χ0v) is 11.8. The van der Waals surface area contributed by atoms with Crippen LogP contribution in [0.1, 0.15) is 27.7 Å². The summed E-state index contributed by atoms with van der Waals surface area (Å²) in [6.45, 7) is 8.27. The van der Waals surface area contributed by atoms with Gasteiger partial charge in [0.15, 0.2) is 0 Å². The van der Waals surface area contributed by atoms with Gasteiger partial charge in [-0.1, -0.05) is 18.2 Å². The third-order valence-corrected chi connectivity index (χ3v) is 4.19. The van der Waals surface area contributed by atoms with Gasteiger partial charge in [0.2, 0.25) is 0 Å². The summed E-state index contributed by atoms with van der Waals surface area (Å²) in [4.78, 5) is 4.12. The zero-order valence-electron chi connectivity index (χ0n) is 11.8. The zero-order chi connectivity index (χ0) is 13.7. The first-order valence-corrected chi connectivity index (χ1v) is 6.58. The molecule has 1 aromatic heterocycles. The van der Waals surface area contributed by atoms with Gasteiger partial charge < -0.3 is 9.31 Å². The summed E-state index contributed by atoms with van der Waals surface area (Å²) in [6.07, 6.45) is 3.67. The lowest BCUT2D eigenvalue weighted by Crippen LogP contribution is -2.41. The van der Waals surface area contributed by atoms with E-state index in [1.54, 1.807) is 6.20 Å². The van der Waals surface area contributed by atoms with Crippen LogP contribution < -0.4 is 5.46 Å². The molecule has 19 heavy (non-hydrogen) atoms. The highest BCUT2D eigenvalue weighted by Crippen LogP contribution is 2.36. The highest BCUT2D eigenvalue weighted by Gasteiger charge is 2.51. The van der Waals surface area contributed by atoms with Crippen LogP contribution in [0.2, 0.25) is 0 Å². The minimum Gasteiger partial charge on any atom is -0.399 e. The van der Waals surface area contributed by atoms with Gasteiger partial charge in [0.25, 0.3) is 0 Å². The summed E-state index contributed by atoms with van der Waals surface area (Å²) >= 11 is 0. The lowest BCUT2D eigenvalue weighted by Gasteiger charge is -2.32. The summed E-state index contributed by atoms with van der Waals surface area (Å²) in [5.41, 5.74) is 0.452. The second-order valence-corrected chi connectivity index (χ2v) is 6.07. The topological polar surface area (TPSA) is 31.4 Å². The SMILES string of the molecule is CC1(C)OB(c2ccc3cnccc3c2)OC1(C)C. The molecule has 3 rings (SSSR count). The highest BCUT2D eigenvalue weighted by molar-refractivity contribution is 6.62. The molecule has 0 spiro atoms. The van der Waals surface area contributed by atoms with Crippen LogP contribution >= 0.6 is 0 Å². The molecule has 1 aliphatic rings. The Morgan fingerprint density at radius 3 is 2.32 bits per heavy atom. The molecule has 98 valence electrons. The summed E-state index contributed by atoms with van der Waals surface area (Å²) in [5, 5.41) is 2.28. The molecule has 3 nitrogen and oxygen atoms in total. The monoisotopic (exact) mass is 255 g/mol. The van der Waals surface area contributed by atoms with Gasteiger partial charge in [0.05, 0.1) is 11.2 Å². The largest absolute Gasteiger partial charge is 0.494 e. The van der Waals surface area contributed by atoms with Crippen molar-refractivity contribution in [3.63, 3.8) is 0 Å². The first kappa shape index (κ1) is 12.6. The Morgan fingerprint density at radius 2 is 1.63 bits per heavy atom. The Bertz CT molecular complexity index is 608. The predicted molar refractivity (Wildman–Crippen MR) is 77.5 cm³/mol. The Balaban J connectivity index is 1.98. The third kappa shape index (κ3) is 2.05. The molecule has 4 heteroatoms. The third-order valence-electron chi connectivity index (χ3n) is 4.19. The van der Waals surface area contributed by atoms with E-state index in [1.807, 2.05) is 18.3 Å². The van der Waals surface area contributed by atoms with Crippen LogP contribution in [0.15, 0.2) is 36.7 Å². The molecule has 2 heterocycles. The van der Waals surface area contributed by atoms with Crippen LogP contribution in [0.4, 0.5) is 0 Å². The number of rotatable bonds is 1. The van der Waals surface area contributed by atoms with E-state index in [2.05, 4.69) is 44.8 Å². The maximum Gasteiger partial charge on any atom is 0.494 e. The highest BCUT2D eigenvalue weighted by atomic mass is 16.7. The lowest BCUT2D eigenvalue weighted by atomic mass is 9.78. The number of hydrogen-bond acceptors (Lipinski definition) is 3. The van der Waals surface area contributed by atoms with Crippen molar-refractivity contribution in [3.05, 3.63) is 36.7 Å². The maximum absolute atomic E-state index is 6.06. The first-order valence-electron chi connectivity index (χ1n) is 6.58. The predicted octanol–water partition coefficient (Wildman–Crippen LogP) is 2.53. The van der Waals surface area contributed by atoms with Gasteiger partial charge in [-0.3, -0.25) is 4.98 Å². The van der Waals surface area contributed by atoms with Crippen molar-refractivity contribution in [3.8, 4) is 0 Å². The summed E-state index contributed by atoms with van der Waals surface area (Å²) in [7, 11) is -0.303. The molecular formula is C15H18BNO2. The molecule has 0 aliphatic carbocycles. The van der Waals surface area contributed by atoms with Crippen molar-refractivity contribution >= 4 is 23.4 Å². The van der Waals surface area contributed by atoms with Gasteiger partial charge in [0.1, 0.15) is 0 Å². The van der Waals surface area contributed by atoms with Crippen LogP contribution in [-0.4, -0.2) is 23.3 Å². The van der Waals surface area contributed by atoms with Crippen molar-refractivity contribution in [2.24, 2.45) is 0 Å². The van der Waals surface area contributed by atoms with E-state index in [-0.39, 0.29) is 18.3 Å². The van der Waals surface area contributed by atoms with Crippen molar-refractivity contribution in [2.75, 3.05) is 0 Å². The van der Waals surface area contributed by atoms with Gasteiger partial charge in [0, 0.05) is 12.4 Å². The Morgan fingerprint density at radius 1 is 0.947 bits per heavy atom. The summed E-state index contributed by atoms with van der Waals surface area (Å²) in [6, 6.07) is 8.22. The summed E-state index contributed by atoms with van der Waals surface area (Å²) < 4.78 is 12.1. The van der Waals surface area contributed by atoms with E-state index in [4.69, 9.17) is 9.31 Å². The fourth-order valence-electron chi connectivity index (χ4n) is 2.23. The second kappa shape index (κ2) is 4.05. The molecule has 1 saturated heterocycles. The van der Waals surface area contributed by atoms with Crippen molar-refractivity contribution in [1.82, 2.24) is 4.98 Å². The van der Waals surface area contributed by atoms with Crippen LogP contribution in [0, 0.1) is 0 Å². The van der Waals surface area contributed by atoms with Crippen LogP contribution in [-0.2, 0) is 9.31 Å². The van der Waals surface area contributed by atoms with Gasteiger partial charge in [-0.2, -0.15) is 0 Å². The van der Waals surface area contributed by atoms with E-state index in [0.717, 1.165) is 16.2 Å². The molecule has 1 fully saturated rings. The van der Waals surface area contributed by atoms with Crippen molar-refractivity contribution in [2.45, 2.75) is 38.9 Å².